The Balaban J connectivity index is 6.00. The van der Waals surface area contributed by atoms with Crippen LogP contribution in [-0.2, 0) is 90.6 Å². The van der Waals surface area contributed by atoms with Gasteiger partial charge in [-0.15, -0.1) is 0 Å². The minimum absolute atomic E-state index is 0.0272. The molecule has 0 aliphatic heterocycles. The fourth-order valence-corrected chi connectivity index (χ4v) is 15.7. The lowest BCUT2D eigenvalue weighted by Gasteiger charge is -2.23. The van der Waals surface area contributed by atoms with Gasteiger partial charge < -0.3 is 73.7 Å². The van der Waals surface area contributed by atoms with Gasteiger partial charge >= 0.3 is 23.9 Å². The number of hydrogen-bond acceptors (Lipinski definition) is 19. The third kappa shape index (κ3) is 98.0. The maximum atomic E-state index is 14.1. The van der Waals surface area contributed by atoms with Crippen LogP contribution < -0.4 is 21.3 Å². The molecule has 0 radical (unpaired) electrons. The molecule has 0 rings (SSSR count). The summed E-state index contributed by atoms with van der Waals surface area (Å²) in [5.41, 5.74) is 0. The first-order valence-corrected chi connectivity index (χ1v) is 56.0. The van der Waals surface area contributed by atoms with Gasteiger partial charge in [0.15, 0.2) is 0 Å². The number of amides is 6. The Labute approximate surface area is 834 Å². The van der Waals surface area contributed by atoms with Gasteiger partial charge in [0.1, 0.15) is 32.5 Å². The molecule has 1 atom stereocenters. The van der Waals surface area contributed by atoms with E-state index in [-0.39, 0.29) is 172 Å². The number of hydrogen-bond donors (Lipinski definition) is 4. The second kappa shape index (κ2) is 107. The average molecular weight is 1940 g/mol. The molecule has 0 aliphatic carbocycles. The maximum absolute atomic E-state index is 14.1. The number of carbonyl (C=O) groups excluding carboxylic acids is 10. The Morgan fingerprint density at radius 1 is 0.219 bits per heavy atom. The molecular formula is C112H204N6O19. The van der Waals surface area contributed by atoms with E-state index in [0.717, 1.165) is 161 Å². The van der Waals surface area contributed by atoms with E-state index in [2.05, 4.69) is 97.6 Å². The maximum Gasteiger partial charge on any atom is 0.305 e. The van der Waals surface area contributed by atoms with Crippen LogP contribution >= 0.6 is 0 Å². The van der Waals surface area contributed by atoms with Gasteiger partial charge in [0.25, 0.3) is 0 Å². The number of allylic oxidation sites excluding steroid dienone is 8. The molecule has 0 bridgehead atoms. The monoisotopic (exact) mass is 1940 g/mol. The smallest absolute Gasteiger partial charge is 0.305 e. The number of carbonyl (C=O) groups is 10. The highest BCUT2D eigenvalue weighted by molar-refractivity contribution is 5.89. The quantitative estimate of drug-likeness (QED) is 0.0190. The molecule has 25 heteroatoms. The van der Waals surface area contributed by atoms with Crippen molar-refractivity contribution in [3.05, 3.63) is 48.6 Å². The van der Waals surface area contributed by atoms with Crippen LogP contribution in [0, 0.1) is 0 Å². The topological polar surface area (TPSA) is 308 Å². The zero-order valence-corrected chi connectivity index (χ0v) is 88.1. The summed E-state index contributed by atoms with van der Waals surface area (Å²) in [5, 5.41) is 11.5. The number of esters is 4. The fraction of sp³-hybridized carbons (Fsp3) is 0.839. The summed E-state index contributed by atoms with van der Waals surface area (Å²) in [7, 11) is 0. The molecular weight excluding hydrogens is 1730 g/mol. The van der Waals surface area contributed by atoms with Crippen molar-refractivity contribution in [1.29, 1.82) is 0 Å². The molecule has 0 aromatic heterocycles. The van der Waals surface area contributed by atoms with E-state index in [1.807, 2.05) is 6.92 Å². The molecule has 4 N–H and O–H groups in total. The van der Waals surface area contributed by atoms with E-state index in [1.165, 1.54) is 164 Å². The van der Waals surface area contributed by atoms with Gasteiger partial charge in [0.05, 0.1) is 72.4 Å². The molecule has 0 heterocycles. The Hall–Kier alpha value is -6.54. The Morgan fingerprint density at radius 3 is 0.788 bits per heavy atom. The minimum atomic E-state index is -1.01. The molecule has 137 heavy (non-hydrogen) atoms. The van der Waals surface area contributed by atoms with Crippen LogP contribution in [0.15, 0.2) is 48.6 Å². The standard InChI is InChI=1S/C112H204N6O19/c1-6-11-15-19-23-27-31-35-39-43-47-51-55-59-63-72-108(124)134-92-84-117(85-93-135-109(125)73-64-60-56-52-48-44-40-36-32-28-24-20-16-12-7-2)106(122)78-76-103(119)113-81-68-67-71-102(112(128)115-83-70-90-131-98-101-133-100-97-130-89-69-82-114-104(120)80-91-132-99-96-129-88-10-5)116-105(121)77-79-107(123)118(86-94-136-110(126)74-65-61-57-53-49-45-41-37-33-29-25-21-17-13-8-3)87-95-137-111(127)75-66-62-58-54-50-46-42-38-34-30-26-22-18-14-9-4/h35-42,102H,6-34,43-101H2,1-5H3,(H,113,119)(H,114,120)(H,115,128)(H,116,121)/b39-35-,40-36-,41-37-,42-38-/t102-/m0/s1. The third-order valence-electron chi connectivity index (χ3n) is 24.3. The highest BCUT2D eigenvalue weighted by atomic mass is 16.6. The zero-order valence-electron chi connectivity index (χ0n) is 88.1. The van der Waals surface area contributed by atoms with Crippen molar-refractivity contribution in [3.63, 3.8) is 0 Å². The van der Waals surface area contributed by atoms with Crippen molar-refractivity contribution in [2.24, 2.45) is 0 Å². The molecule has 0 spiro atoms. The number of ether oxygens (including phenoxy) is 9. The SMILES string of the molecule is CCCCCCCC/C=C\CCCCCCCC(=O)OCCN(CCOC(=O)CCCCCCC/C=C\CCCCCCCC)C(=O)CCC(=O)NCCCC[C@H](NC(=O)CCC(=O)N(CCOC(=O)CCCCCCC/C=C\CCCCCCCC)CCOC(=O)CCCCCCC/C=C\CCCCCCCC)C(=O)NCCCOCCOCCOCCCNC(=O)CCOCCOCCC. The summed E-state index contributed by atoms with van der Waals surface area (Å²) in [4.78, 5) is 136. The van der Waals surface area contributed by atoms with E-state index in [4.69, 9.17) is 42.6 Å². The number of unbranched alkanes of at least 4 members (excludes halogenated alkanes) is 45. The van der Waals surface area contributed by atoms with Gasteiger partial charge in [-0.2, -0.15) is 0 Å². The normalized spacial score (nSPS) is 11.8. The van der Waals surface area contributed by atoms with Crippen LogP contribution in [0.3, 0.4) is 0 Å². The van der Waals surface area contributed by atoms with Crippen LogP contribution in [0.2, 0.25) is 0 Å². The average Bonchev–Trinajstić information content (AvgIpc) is 0.911. The minimum Gasteiger partial charge on any atom is -0.464 e. The lowest BCUT2D eigenvalue weighted by molar-refractivity contribution is -0.148. The van der Waals surface area contributed by atoms with Crippen LogP contribution in [-0.4, -0.2) is 213 Å². The third-order valence-corrected chi connectivity index (χ3v) is 24.3. The van der Waals surface area contributed by atoms with Gasteiger partial charge in [0, 0.05) is 97.2 Å². The van der Waals surface area contributed by atoms with Crippen molar-refractivity contribution in [1.82, 2.24) is 31.1 Å². The van der Waals surface area contributed by atoms with Gasteiger partial charge in [-0.05, 0) is 167 Å². The van der Waals surface area contributed by atoms with Gasteiger partial charge in [-0.3, -0.25) is 47.9 Å². The van der Waals surface area contributed by atoms with Crippen molar-refractivity contribution >= 4 is 59.3 Å². The molecule has 0 unspecified atom stereocenters. The molecule has 0 aliphatic rings. The second-order valence-corrected chi connectivity index (χ2v) is 37.1. The molecule has 796 valence electrons. The molecule has 0 aromatic rings. The van der Waals surface area contributed by atoms with Gasteiger partial charge in [0.2, 0.25) is 35.4 Å². The summed E-state index contributed by atoms with van der Waals surface area (Å²) in [6.45, 7) is 16.1. The van der Waals surface area contributed by atoms with Crippen molar-refractivity contribution in [2.45, 2.75) is 471 Å². The van der Waals surface area contributed by atoms with Crippen molar-refractivity contribution in [3.8, 4) is 0 Å². The van der Waals surface area contributed by atoms with Crippen LogP contribution in [0.4, 0.5) is 0 Å². The Bertz CT molecular complexity index is 2820. The number of rotatable bonds is 107. The number of nitrogens with one attached hydrogen (secondary N) is 4. The predicted octanol–water partition coefficient (Wildman–Crippen LogP) is 24.2. The first kappa shape index (κ1) is 130. The first-order valence-electron chi connectivity index (χ1n) is 56.0. The predicted molar refractivity (Wildman–Crippen MR) is 556 cm³/mol. The Morgan fingerprint density at radius 2 is 0.474 bits per heavy atom. The van der Waals surface area contributed by atoms with Crippen LogP contribution in [0.1, 0.15) is 465 Å². The van der Waals surface area contributed by atoms with Crippen molar-refractivity contribution < 1.29 is 90.6 Å². The lowest BCUT2D eigenvalue weighted by Crippen LogP contribution is -2.47. The molecule has 0 saturated carbocycles. The van der Waals surface area contributed by atoms with Crippen molar-refractivity contribution in [2.75, 3.05) is 138 Å². The zero-order chi connectivity index (χ0) is 99.6. The Kier molecular flexibility index (Phi) is 102. The van der Waals surface area contributed by atoms with Crippen LogP contribution in [0.5, 0.6) is 0 Å². The molecule has 0 fully saturated rings. The van der Waals surface area contributed by atoms with Gasteiger partial charge in [-0.25, -0.2) is 0 Å². The summed E-state index contributed by atoms with van der Waals surface area (Å²) in [6, 6.07) is -1.01. The molecule has 6 amide bonds. The summed E-state index contributed by atoms with van der Waals surface area (Å²) >= 11 is 0. The van der Waals surface area contributed by atoms with Gasteiger partial charge in [-0.1, -0.05) is 289 Å². The largest absolute Gasteiger partial charge is 0.464 e. The van der Waals surface area contributed by atoms with E-state index >= 15 is 0 Å². The molecule has 0 saturated heterocycles. The molecule has 0 aromatic carbocycles. The summed E-state index contributed by atoms with van der Waals surface area (Å²) in [5.74, 6) is -3.57. The summed E-state index contributed by atoms with van der Waals surface area (Å²) in [6.07, 6.45) is 81.7. The number of nitrogens with zero attached hydrogens (tertiary/aromatic N) is 2. The lowest BCUT2D eigenvalue weighted by atomic mass is 10.1. The van der Waals surface area contributed by atoms with E-state index in [9.17, 15) is 47.9 Å². The highest BCUT2D eigenvalue weighted by Gasteiger charge is 2.24. The first-order chi connectivity index (χ1) is 67.2. The second-order valence-electron chi connectivity index (χ2n) is 37.1. The fourth-order valence-electron chi connectivity index (χ4n) is 15.7. The summed E-state index contributed by atoms with van der Waals surface area (Å²) < 4.78 is 50.5. The van der Waals surface area contributed by atoms with E-state index in [1.54, 1.807) is 0 Å². The van der Waals surface area contributed by atoms with E-state index < -0.39 is 23.8 Å². The molecule has 25 nitrogen and oxygen atoms in total. The van der Waals surface area contributed by atoms with Crippen LogP contribution in [0.25, 0.3) is 0 Å². The van der Waals surface area contributed by atoms with E-state index in [0.29, 0.717) is 124 Å². The highest BCUT2D eigenvalue weighted by Crippen LogP contribution is 2.18.